The molecule has 0 spiro atoms. The van der Waals surface area contributed by atoms with Gasteiger partial charge in [-0.05, 0) is 12.0 Å². The van der Waals surface area contributed by atoms with Crippen molar-refractivity contribution < 1.29 is 10.2 Å². The Balaban J connectivity index is 2.70. The molecule has 92 valence electrons. The molecule has 17 heavy (non-hydrogen) atoms. The molecule has 9 heteroatoms. The molecule has 0 aliphatic heterocycles. The van der Waals surface area contributed by atoms with Crippen molar-refractivity contribution in [2.24, 2.45) is 5.11 Å². The van der Waals surface area contributed by atoms with E-state index in [4.69, 9.17) is 22.9 Å². The van der Waals surface area contributed by atoms with Crippen LogP contribution in [0.1, 0.15) is 18.2 Å². The number of azide groups is 1. The zero-order valence-electron chi connectivity index (χ0n) is 8.73. The van der Waals surface area contributed by atoms with Gasteiger partial charge in [0.15, 0.2) is 11.0 Å². The standard InChI is InChI=1S/C8H11ClN6O2/c9-7-8(10)12-3-4(14-7)6(17)5(16)1-2-13-15-11/h3,5-6,16-17H,1-2H2,(H2,10,12). The summed E-state index contributed by atoms with van der Waals surface area (Å²) in [6.45, 7) is 0.0743. The Morgan fingerprint density at radius 1 is 1.59 bits per heavy atom. The number of hydrogen-bond donors (Lipinski definition) is 3. The van der Waals surface area contributed by atoms with Crippen molar-refractivity contribution in [2.45, 2.75) is 18.6 Å². The normalized spacial score (nSPS) is 13.8. The van der Waals surface area contributed by atoms with Crippen LogP contribution in [0.25, 0.3) is 10.4 Å². The van der Waals surface area contributed by atoms with Crippen LogP contribution in [0.3, 0.4) is 0 Å². The largest absolute Gasteiger partial charge is 0.390 e. The SMILES string of the molecule is [N-]=[N+]=NCCC(O)C(O)c1cnc(N)c(Cl)n1. The highest BCUT2D eigenvalue weighted by Gasteiger charge is 2.20. The van der Waals surface area contributed by atoms with Gasteiger partial charge in [-0.15, -0.1) is 0 Å². The molecule has 4 N–H and O–H groups in total. The fraction of sp³-hybridized carbons (Fsp3) is 0.500. The number of aliphatic hydroxyl groups is 2. The molecule has 0 aliphatic carbocycles. The summed E-state index contributed by atoms with van der Waals surface area (Å²) in [5, 5.41) is 22.5. The molecule has 0 fully saturated rings. The molecule has 2 atom stereocenters. The van der Waals surface area contributed by atoms with Crippen LogP contribution in [0.2, 0.25) is 5.15 Å². The van der Waals surface area contributed by atoms with Gasteiger partial charge in [-0.1, -0.05) is 16.7 Å². The van der Waals surface area contributed by atoms with Crippen LogP contribution in [0.5, 0.6) is 0 Å². The third kappa shape index (κ3) is 3.72. The fourth-order valence-electron chi connectivity index (χ4n) is 1.12. The van der Waals surface area contributed by atoms with Crippen molar-refractivity contribution in [3.63, 3.8) is 0 Å². The number of hydrogen-bond acceptors (Lipinski definition) is 6. The lowest BCUT2D eigenvalue weighted by atomic mass is 10.1. The Morgan fingerprint density at radius 3 is 2.88 bits per heavy atom. The summed E-state index contributed by atoms with van der Waals surface area (Å²) in [4.78, 5) is 10.0. The van der Waals surface area contributed by atoms with E-state index in [2.05, 4.69) is 20.0 Å². The van der Waals surface area contributed by atoms with Crippen LogP contribution >= 0.6 is 11.6 Å². The molecule has 1 aromatic heterocycles. The Bertz CT molecular complexity index is 436. The van der Waals surface area contributed by atoms with Crippen LogP contribution in [0, 0.1) is 0 Å². The van der Waals surface area contributed by atoms with Crippen LogP contribution in [0.15, 0.2) is 11.3 Å². The average molecular weight is 259 g/mol. The monoisotopic (exact) mass is 258 g/mol. The summed E-state index contributed by atoms with van der Waals surface area (Å²) < 4.78 is 0. The van der Waals surface area contributed by atoms with Gasteiger partial charge in [0.25, 0.3) is 0 Å². The smallest absolute Gasteiger partial charge is 0.171 e. The maximum absolute atomic E-state index is 9.72. The first-order chi connectivity index (χ1) is 8.06. The van der Waals surface area contributed by atoms with Crippen LogP contribution in [-0.2, 0) is 0 Å². The first kappa shape index (κ1) is 13.5. The van der Waals surface area contributed by atoms with Gasteiger partial charge in [0.2, 0.25) is 0 Å². The van der Waals surface area contributed by atoms with E-state index in [-0.39, 0.29) is 29.6 Å². The summed E-state index contributed by atoms with van der Waals surface area (Å²) in [5.74, 6) is 0.0474. The van der Waals surface area contributed by atoms with Crippen molar-refractivity contribution in [1.29, 1.82) is 0 Å². The van der Waals surface area contributed by atoms with Crippen molar-refractivity contribution in [2.75, 3.05) is 12.3 Å². The lowest BCUT2D eigenvalue weighted by Crippen LogP contribution is -2.20. The minimum Gasteiger partial charge on any atom is -0.390 e. The molecule has 0 bridgehead atoms. The molecule has 0 amide bonds. The van der Waals surface area contributed by atoms with E-state index in [0.29, 0.717) is 0 Å². The van der Waals surface area contributed by atoms with Crippen LogP contribution in [0.4, 0.5) is 5.82 Å². The van der Waals surface area contributed by atoms with Gasteiger partial charge in [-0.2, -0.15) is 0 Å². The molecule has 2 unspecified atom stereocenters. The van der Waals surface area contributed by atoms with Crippen molar-refractivity contribution in [1.82, 2.24) is 9.97 Å². The molecule has 0 aromatic carbocycles. The second kappa shape index (κ2) is 6.21. The summed E-state index contributed by atoms with van der Waals surface area (Å²) in [6.07, 6.45) is -1.04. The first-order valence-electron chi connectivity index (χ1n) is 4.71. The molecule has 0 aliphatic rings. The molecule has 0 saturated carbocycles. The minimum absolute atomic E-state index is 0.0382. The number of halogens is 1. The Morgan fingerprint density at radius 2 is 2.29 bits per heavy atom. The quantitative estimate of drug-likeness (QED) is 0.407. The number of anilines is 1. The lowest BCUT2D eigenvalue weighted by molar-refractivity contribution is 0.0123. The highest BCUT2D eigenvalue weighted by atomic mass is 35.5. The van der Waals surface area contributed by atoms with Gasteiger partial charge in [-0.3, -0.25) is 0 Å². The zero-order chi connectivity index (χ0) is 12.8. The Kier molecular flexibility index (Phi) is 4.92. The number of rotatable bonds is 5. The third-order valence-corrected chi connectivity index (χ3v) is 2.31. The molecular weight excluding hydrogens is 248 g/mol. The summed E-state index contributed by atoms with van der Waals surface area (Å²) in [7, 11) is 0. The Hall–Kier alpha value is -1.60. The second-order valence-corrected chi connectivity index (χ2v) is 3.58. The van der Waals surface area contributed by atoms with Crippen molar-refractivity contribution in [3.05, 3.63) is 27.5 Å². The van der Waals surface area contributed by atoms with E-state index in [0.717, 1.165) is 0 Å². The van der Waals surface area contributed by atoms with E-state index in [1.54, 1.807) is 0 Å². The van der Waals surface area contributed by atoms with Crippen molar-refractivity contribution in [3.8, 4) is 0 Å². The first-order valence-corrected chi connectivity index (χ1v) is 5.09. The van der Waals surface area contributed by atoms with Crippen LogP contribution in [-0.4, -0.2) is 32.8 Å². The van der Waals surface area contributed by atoms with E-state index < -0.39 is 12.2 Å². The molecular formula is C8H11ClN6O2. The predicted octanol–water partition coefficient (Wildman–Crippen LogP) is 0.807. The van der Waals surface area contributed by atoms with Crippen LogP contribution < -0.4 is 5.73 Å². The maximum atomic E-state index is 9.72. The van der Waals surface area contributed by atoms with Gasteiger partial charge >= 0.3 is 0 Å². The topological polar surface area (TPSA) is 141 Å². The summed E-state index contributed by atoms with van der Waals surface area (Å²) >= 11 is 5.63. The molecule has 1 aromatic rings. The van der Waals surface area contributed by atoms with E-state index >= 15 is 0 Å². The molecule has 8 nitrogen and oxygen atoms in total. The minimum atomic E-state index is -1.26. The number of nitrogen functional groups attached to an aromatic ring is 1. The van der Waals surface area contributed by atoms with Gasteiger partial charge in [0.1, 0.15) is 6.10 Å². The molecule has 0 radical (unpaired) electrons. The second-order valence-electron chi connectivity index (χ2n) is 3.23. The van der Waals surface area contributed by atoms with E-state index in [1.165, 1.54) is 6.20 Å². The highest BCUT2D eigenvalue weighted by Crippen LogP contribution is 2.20. The Labute approximate surface area is 102 Å². The van der Waals surface area contributed by atoms with E-state index in [9.17, 15) is 10.2 Å². The highest BCUT2D eigenvalue weighted by molar-refractivity contribution is 6.31. The number of aliphatic hydroxyl groups excluding tert-OH is 2. The van der Waals surface area contributed by atoms with Gasteiger partial charge in [-0.25, -0.2) is 9.97 Å². The van der Waals surface area contributed by atoms with Gasteiger partial charge < -0.3 is 15.9 Å². The lowest BCUT2D eigenvalue weighted by Gasteiger charge is -2.16. The average Bonchev–Trinajstić information content (AvgIpc) is 2.32. The molecule has 1 rings (SSSR count). The van der Waals surface area contributed by atoms with E-state index in [1.807, 2.05) is 0 Å². The summed E-state index contributed by atoms with van der Waals surface area (Å²) in [6, 6.07) is 0. The van der Waals surface area contributed by atoms with Gasteiger partial charge in [0, 0.05) is 11.5 Å². The third-order valence-electron chi connectivity index (χ3n) is 2.03. The molecule has 1 heterocycles. The van der Waals surface area contributed by atoms with Gasteiger partial charge in [0.05, 0.1) is 18.0 Å². The fourth-order valence-corrected chi connectivity index (χ4v) is 1.27. The number of aromatic nitrogens is 2. The predicted molar refractivity (Wildman–Crippen MR) is 61.1 cm³/mol. The summed E-state index contributed by atoms with van der Waals surface area (Å²) in [5.41, 5.74) is 13.5. The maximum Gasteiger partial charge on any atom is 0.171 e. The van der Waals surface area contributed by atoms with Crippen molar-refractivity contribution >= 4 is 17.4 Å². The zero-order valence-corrected chi connectivity index (χ0v) is 9.49. The number of nitrogens with zero attached hydrogens (tertiary/aromatic N) is 5. The molecule has 0 saturated heterocycles. The number of nitrogens with two attached hydrogens (primary N) is 1.